The molecule has 2 aromatic rings. The first kappa shape index (κ1) is 22.7. The molecule has 2 atom stereocenters. The summed E-state index contributed by atoms with van der Waals surface area (Å²) in [5, 5.41) is 0. The predicted octanol–water partition coefficient (Wildman–Crippen LogP) is 0.954. The molecule has 2 aliphatic carbocycles. The Hall–Kier alpha value is -0.630. The topological polar surface area (TPSA) is 0 Å². The van der Waals surface area contributed by atoms with Gasteiger partial charge in [0, 0.05) is 0 Å². The van der Waals surface area contributed by atoms with Gasteiger partial charge in [0.2, 0.25) is 0 Å². The van der Waals surface area contributed by atoms with Gasteiger partial charge in [0.05, 0.1) is 0 Å². The maximum absolute atomic E-state index is 2.56. The first-order valence-electron chi connectivity index (χ1n) is 9.69. The van der Waals surface area contributed by atoms with Gasteiger partial charge in [0.15, 0.2) is 0 Å². The van der Waals surface area contributed by atoms with E-state index in [9.17, 15) is 0 Å². The Bertz CT molecular complexity index is 768. The summed E-state index contributed by atoms with van der Waals surface area (Å²) in [7, 11) is 0. The molecule has 27 heavy (non-hydrogen) atoms. The van der Waals surface area contributed by atoms with Gasteiger partial charge in [0.1, 0.15) is 0 Å². The van der Waals surface area contributed by atoms with E-state index in [1.807, 2.05) is 6.66 Å². The molecule has 0 bridgehead atoms. The van der Waals surface area contributed by atoms with E-state index < -0.39 is 22.9 Å². The summed E-state index contributed by atoms with van der Waals surface area (Å²) in [5.41, 5.74) is 6.17. The van der Waals surface area contributed by atoms with Crippen molar-refractivity contribution in [2.75, 3.05) is 0 Å². The van der Waals surface area contributed by atoms with Crippen molar-refractivity contribution < 1.29 is 47.7 Å². The van der Waals surface area contributed by atoms with Gasteiger partial charge >= 0.3 is 164 Å². The van der Waals surface area contributed by atoms with E-state index in [4.69, 9.17) is 0 Å². The molecule has 0 aliphatic heterocycles. The van der Waals surface area contributed by atoms with Crippen LogP contribution >= 0.6 is 0 Å². The molecule has 0 N–H and O–H groups in total. The Morgan fingerprint density at radius 3 is 1.48 bits per heavy atom. The predicted molar refractivity (Wildman–Crippen MR) is 104 cm³/mol. The number of allylic oxidation sites excluding steroid dienone is 2. The quantitative estimate of drug-likeness (QED) is 0.460. The first-order valence-corrected chi connectivity index (χ1v) is 13.3. The summed E-state index contributed by atoms with van der Waals surface area (Å²) in [6.45, 7) is 4.66. The van der Waals surface area contributed by atoms with Gasteiger partial charge in [-0.2, -0.15) is 0 Å². The molecular formula is C24H26Cl2Hf. The largest absolute Gasteiger partial charge is 1.00 e. The molecule has 0 aromatic heterocycles. The van der Waals surface area contributed by atoms with Crippen LogP contribution in [0.4, 0.5) is 0 Å². The van der Waals surface area contributed by atoms with Crippen molar-refractivity contribution in [1.29, 1.82) is 0 Å². The van der Waals surface area contributed by atoms with Crippen LogP contribution in [0.3, 0.4) is 0 Å². The van der Waals surface area contributed by atoms with E-state index in [1.54, 1.807) is 11.1 Å². The zero-order valence-corrected chi connectivity index (χ0v) is 21.1. The fraction of sp³-hybridized carbons (Fsp3) is 0.333. The minimum Gasteiger partial charge on any atom is -1.00 e. The molecule has 2 unspecified atom stereocenters. The maximum Gasteiger partial charge on any atom is -1.00 e. The maximum atomic E-state index is 2.56. The monoisotopic (exact) mass is 564 g/mol. The van der Waals surface area contributed by atoms with Crippen molar-refractivity contribution >= 4 is 12.2 Å². The van der Waals surface area contributed by atoms with E-state index in [1.165, 1.54) is 36.8 Å². The van der Waals surface area contributed by atoms with Crippen molar-refractivity contribution in [3.05, 3.63) is 77.4 Å². The van der Waals surface area contributed by atoms with Crippen LogP contribution < -0.4 is 24.8 Å². The number of hydrogen-bond donors (Lipinski definition) is 0. The fourth-order valence-corrected chi connectivity index (χ4v) is 10.6. The number of rotatable bonds is 6. The van der Waals surface area contributed by atoms with Crippen LogP contribution in [-0.2, 0) is 22.9 Å². The molecule has 0 saturated heterocycles. The Balaban J connectivity index is 0.00000131. The third kappa shape index (κ3) is 4.52. The molecule has 2 aliphatic rings. The molecule has 0 amide bonds. The zero-order valence-electron chi connectivity index (χ0n) is 16.0. The molecule has 4 rings (SSSR count). The van der Waals surface area contributed by atoms with Crippen molar-refractivity contribution in [2.24, 2.45) is 0 Å². The van der Waals surface area contributed by atoms with Crippen LogP contribution in [0.2, 0.25) is 0 Å². The fourth-order valence-electron chi connectivity index (χ4n) is 4.40. The molecule has 0 nitrogen and oxygen atoms in total. The van der Waals surface area contributed by atoms with Crippen molar-refractivity contribution in [3.8, 4) is 0 Å². The summed E-state index contributed by atoms with van der Waals surface area (Å²) >= 11 is -0.983. The second-order valence-electron chi connectivity index (χ2n) is 7.26. The van der Waals surface area contributed by atoms with Gasteiger partial charge in [-0.25, -0.2) is 0 Å². The first-order chi connectivity index (χ1) is 12.3. The molecule has 0 heterocycles. The third-order valence-electron chi connectivity index (χ3n) is 5.56. The number of fused-ring (bicyclic) bond motifs is 2. The summed E-state index contributed by atoms with van der Waals surface area (Å²) in [5.74, 6) is 1.41. The average Bonchev–Trinajstić information content (AvgIpc) is 3.15. The Morgan fingerprint density at radius 2 is 1.07 bits per heavy atom. The Morgan fingerprint density at radius 1 is 0.667 bits per heavy atom. The second-order valence-corrected chi connectivity index (χ2v) is 12.3. The SMILES string of the molecule is CCCC1[C]([Hf+2][C]2=Cc3ccccc3C2CCC)=Cc2ccccc21.[Cl-].[Cl-]. The number of benzene rings is 2. The average molecular weight is 564 g/mol. The minimum atomic E-state index is -0.983. The van der Waals surface area contributed by atoms with E-state index in [0.717, 1.165) is 0 Å². The van der Waals surface area contributed by atoms with Crippen molar-refractivity contribution in [2.45, 2.75) is 51.4 Å². The van der Waals surface area contributed by atoms with E-state index in [-0.39, 0.29) is 24.8 Å². The van der Waals surface area contributed by atoms with Gasteiger partial charge in [-0.15, -0.1) is 0 Å². The van der Waals surface area contributed by atoms with Crippen LogP contribution in [0.1, 0.15) is 73.6 Å². The smallest absolute Gasteiger partial charge is 1.00 e. The van der Waals surface area contributed by atoms with E-state index in [0.29, 0.717) is 11.8 Å². The molecule has 0 radical (unpaired) electrons. The molecule has 2 aromatic carbocycles. The number of hydrogen-bond acceptors (Lipinski definition) is 0. The van der Waals surface area contributed by atoms with Gasteiger partial charge in [-0.3, -0.25) is 0 Å². The molecular weight excluding hydrogens is 538 g/mol. The third-order valence-corrected chi connectivity index (χ3v) is 11.2. The summed E-state index contributed by atoms with van der Waals surface area (Å²) in [4.78, 5) is 0. The van der Waals surface area contributed by atoms with Gasteiger partial charge in [0.25, 0.3) is 0 Å². The van der Waals surface area contributed by atoms with Crippen LogP contribution in [-0.4, -0.2) is 0 Å². The van der Waals surface area contributed by atoms with Gasteiger partial charge in [-0.1, -0.05) is 0 Å². The Kier molecular flexibility index (Phi) is 8.59. The Labute approximate surface area is 187 Å². The van der Waals surface area contributed by atoms with Crippen LogP contribution in [0.5, 0.6) is 0 Å². The van der Waals surface area contributed by atoms with Crippen LogP contribution in [0, 0.1) is 0 Å². The molecule has 3 heteroatoms. The van der Waals surface area contributed by atoms with E-state index in [2.05, 4.69) is 74.5 Å². The zero-order chi connectivity index (χ0) is 17.2. The summed E-state index contributed by atoms with van der Waals surface area (Å²) in [6, 6.07) is 18.2. The summed E-state index contributed by atoms with van der Waals surface area (Å²) < 4.78 is 3.64. The molecule has 0 saturated carbocycles. The van der Waals surface area contributed by atoms with Crippen LogP contribution in [0.15, 0.2) is 55.2 Å². The summed E-state index contributed by atoms with van der Waals surface area (Å²) in [6.07, 6.45) is 10.3. The molecule has 0 fully saturated rings. The normalized spacial score (nSPS) is 19.0. The second kappa shape index (κ2) is 10.2. The van der Waals surface area contributed by atoms with E-state index >= 15 is 0 Å². The number of halogens is 2. The molecule has 140 valence electrons. The van der Waals surface area contributed by atoms with Crippen LogP contribution in [0.25, 0.3) is 12.2 Å². The standard InChI is InChI=1S/2C12H13.2ClH.Hf/c2*1-2-5-10-8-9-11-6-3-4-7-12(10)11;;;/h2*3-4,6-7,9-10H,2,5H2,1H3;2*1H;/q;;;;+2/p-2. The van der Waals surface area contributed by atoms with Gasteiger partial charge < -0.3 is 24.8 Å². The molecule has 0 spiro atoms. The minimum absolute atomic E-state index is 0. The van der Waals surface area contributed by atoms with Crippen molar-refractivity contribution in [1.82, 2.24) is 0 Å². The van der Waals surface area contributed by atoms with Gasteiger partial charge in [-0.05, 0) is 0 Å². The van der Waals surface area contributed by atoms with Crippen molar-refractivity contribution in [3.63, 3.8) is 0 Å².